The number of aromatic nitrogens is 1. The van der Waals surface area contributed by atoms with Gasteiger partial charge in [-0.25, -0.2) is 24.2 Å². The molecule has 1 aromatic heterocycles. The van der Waals surface area contributed by atoms with E-state index in [1.54, 1.807) is 24.3 Å². The minimum Gasteiger partial charge on any atom is -0.272 e. The van der Waals surface area contributed by atoms with Gasteiger partial charge < -0.3 is 0 Å². The van der Waals surface area contributed by atoms with Crippen molar-refractivity contribution < 1.29 is 13.6 Å². The smallest absolute Gasteiger partial charge is 0.255 e. The molecule has 7 heteroatoms. The molecule has 0 bridgehead atoms. The molecule has 1 N–H and O–H groups in total. The number of hydrogen-bond donors (Lipinski definition) is 1. The molecule has 6 rings (SSSR count). The summed E-state index contributed by atoms with van der Waals surface area (Å²) in [5.41, 5.74) is 8.81. The van der Waals surface area contributed by atoms with E-state index in [1.165, 1.54) is 24.3 Å². The number of halogens is 2. The fourth-order valence-electron chi connectivity index (χ4n) is 5.02. The Balaban J connectivity index is 1.65. The maximum Gasteiger partial charge on any atom is 0.255 e. The Morgan fingerprint density at radius 3 is 1.95 bits per heavy atom. The third kappa shape index (κ3) is 4.00. The Morgan fingerprint density at radius 1 is 0.763 bits per heavy atom. The van der Waals surface area contributed by atoms with Gasteiger partial charge in [0, 0.05) is 27.8 Å². The normalized spacial score (nSPS) is 16.3. The minimum atomic E-state index is -0.595. The second-order valence-electron chi connectivity index (χ2n) is 10.5. The van der Waals surface area contributed by atoms with Crippen LogP contribution in [0.15, 0.2) is 89.0 Å². The van der Waals surface area contributed by atoms with Crippen LogP contribution in [0, 0.1) is 23.0 Å². The van der Waals surface area contributed by atoms with E-state index in [9.17, 15) is 13.6 Å². The van der Waals surface area contributed by atoms with Crippen molar-refractivity contribution in [2.75, 3.05) is 0 Å². The van der Waals surface area contributed by atoms with E-state index in [-0.39, 0.29) is 17.5 Å². The zero-order valence-electron chi connectivity index (χ0n) is 21.1. The molecule has 2 aliphatic heterocycles. The molecule has 2 aliphatic rings. The fraction of sp³-hybridized carbons (Fsp3) is 0.161. The van der Waals surface area contributed by atoms with Crippen molar-refractivity contribution in [3.05, 3.63) is 96.1 Å². The summed E-state index contributed by atoms with van der Waals surface area (Å²) in [4.78, 5) is 22.8. The maximum atomic E-state index is 13.9. The average Bonchev–Trinajstić information content (AvgIpc) is 3.29. The van der Waals surface area contributed by atoms with Gasteiger partial charge >= 0.3 is 0 Å². The molecular formula is C31H24F2N4O. The monoisotopic (exact) mass is 506 g/mol. The largest absolute Gasteiger partial charge is 0.272 e. The quantitative estimate of drug-likeness (QED) is 0.327. The highest BCUT2D eigenvalue weighted by Crippen LogP contribution is 2.43. The molecule has 0 radical (unpaired) electrons. The lowest BCUT2D eigenvalue weighted by Crippen LogP contribution is -2.40. The van der Waals surface area contributed by atoms with Crippen LogP contribution >= 0.6 is 0 Å². The summed E-state index contributed by atoms with van der Waals surface area (Å²) in [7, 11) is 0. The van der Waals surface area contributed by atoms with E-state index in [1.807, 2.05) is 51.1 Å². The van der Waals surface area contributed by atoms with Crippen LogP contribution in [0.5, 0.6) is 0 Å². The second kappa shape index (κ2) is 8.80. The topological polar surface area (TPSA) is 66.7 Å². The average molecular weight is 507 g/mol. The molecule has 4 aromatic rings. The summed E-state index contributed by atoms with van der Waals surface area (Å²) >= 11 is 0. The summed E-state index contributed by atoms with van der Waals surface area (Å²) in [6.07, 6.45) is 0. The highest BCUT2D eigenvalue weighted by atomic mass is 19.1. The highest BCUT2D eigenvalue weighted by molar-refractivity contribution is 6.33. The van der Waals surface area contributed by atoms with Crippen molar-refractivity contribution in [3.8, 4) is 33.5 Å². The number of hydrazone groups is 1. The Labute approximate surface area is 219 Å². The molecule has 1 atom stereocenters. The van der Waals surface area contributed by atoms with Crippen molar-refractivity contribution in [2.24, 2.45) is 21.4 Å². The molecular weight excluding hydrogens is 482 g/mol. The van der Waals surface area contributed by atoms with Crippen molar-refractivity contribution in [2.45, 2.75) is 20.8 Å². The Bertz CT molecular complexity index is 1650. The second-order valence-corrected chi connectivity index (χ2v) is 10.5. The van der Waals surface area contributed by atoms with E-state index in [0.717, 1.165) is 27.8 Å². The van der Waals surface area contributed by atoms with Crippen molar-refractivity contribution >= 4 is 23.1 Å². The number of benzene rings is 3. The maximum absolute atomic E-state index is 13.9. The van der Waals surface area contributed by atoms with Gasteiger partial charge in [0.2, 0.25) is 0 Å². The number of hydrogen-bond acceptors (Lipinski definition) is 4. The van der Waals surface area contributed by atoms with Gasteiger partial charge in [-0.1, -0.05) is 69.3 Å². The van der Waals surface area contributed by atoms with Gasteiger partial charge in [-0.15, -0.1) is 0 Å². The Kier molecular flexibility index (Phi) is 5.52. The Morgan fingerprint density at radius 2 is 1.34 bits per heavy atom. The first-order valence-corrected chi connectivity index (χ1v) is 12.3. The number of rotatable bonds is 3. The Hall–Kier alpha value is -4.52. The van der Waals surface area contributed by atoms with E-state index >= 15 is 0 Å². The summed E-state index contributed by atoms with van der Waals surface area (Å²) in [5.74, 6) is -1.00. The third-order valence-electron chi connectivity index (χ3n) is 6.86. The van der Waals surface area contributed by atoms with Crippen molar-refractivity contribution in [1.82, 2.24) is 10.4 Å². The molecule has 3 aromatic carbocycles. The lowest BCUT2D eigenvalue weighted by atomic mass is 9.76. The van der Waals surface area contributed by atoms with Crippen LogP contribution in [0.25, 0.3) is 33.5 Å². The zero-order chi connectivity index (χ0) is 26.6. The van der Waals surface area contributed by atoms with Gasteiger partial charge in [0.15, 0.2) is 5.82 Å². The van der Waals surface area contributed by atoms with Crippen LogP contribution in [0.2, 0.25) is 0 Å². The summed E-state index contributed by atoms with van der Waals surface area (Å²) in [6.45, 7) is 6.03. The molecule has 1 amide bonds. The fourth-order valence-corrected chi connectivity index (χ4v) is 5.02. The van der Waals surface area contributed by atoms with E-state index in [4.69, 9.17) is 9.98 Å². The van der Waals surface area contributed by atoms with Gasteiger partial charge in [0.25, 0.3) is 5.91 Å². The summed E-state index contributed by atoms with van der Waals surface area (Å²) < 4.78 is 27.6. The number of pyridine rings is 1. The van der Waals surface area contributed by atoms with Crippen molar-refractivity contribution in [1.29, 1.82) is 0 Å². The van der Waals surface area contributed by atoms with Gasteiger partial charge in [0.1, 0.15) is 17.6 Å². The van der Waals surface area contributed by atoms with E-state index in [2.05, 4.69) is 10.5 Å². The van der Waals surface area contributed by atoms with Crippen molar-refractivity contribution in [3.63, 3.8) is 0 Å². The number of fused-ring (bicyclic) bond motifs is 3. The lowest BCUT2D eigenvalue weighted by Gasteiger charge is -2.30. The predicted octanol–water partition coefficient (Wildman–Crippen LogP) is 6.94. The van der Waals surface area contributed by atoms with Gasteiger partial charge in [-0.05, 0) is 47.0 Å². The van der Waals surface area contributed by atoms with Crippen LogP contribution in [-0.2, 0) is 4.79 Å². The molecule has 1 unspecified atom stereocenters. The molecule has 0 fully saturated rings. The standard InChI is InChI=1S/C31H24F2N4O/c1-31(2,3)28-25-27(36-37-30(25)38)24-16-23(18-10-14-20(33)15-11-18)26(34-29(24)35-28)22-7-5-4-6-21(22)17-8-12-19(32)13-9-17/h4-16,25H,1-3H3,(H,37,38). The van der Waals surface area contributed by atoms with E-state index < -0.39 is 11.3 Å². The third-order valence-corrected chi connectivity index (χ3v) is 6.86. The van der Waals surface area contributed by atoms with Crippen LogP contribution in [0.4, 0.5) is 14.6 Å². The highest BCUT2D eigenvalue weighted by Gasteiger charge is 2.44. The molecule has 3 heterocycles. The van der Waals surface area contributed by atoms with Crippen LogP contribution in [0.1, 0.15) is 26.3 Å². The molecule has 0 saturated heterocycles. The molecule has 188 valence electrons. The molecule has 0 aliphatic carbocycles. The molecule has 38 heavy (non-hydrogen) atoms. The molecule has 0 spiro atoms. The first kappa shape index (κ1) is 23.9. The van der Waals surface area contributed by atoms with Gasteiger partial charge in [-0.2, -0.15) is 5.10 Å². The number of carbonyl (C=O) groups excluding carboxylic acids is 1. The minimum absolute atomic E-state index is 0.214. The van der Waals surface area contributed by atoms with Gasteiger partial charge in [0.05, 0.1) is 11.4 Å². The van der Waals surface area contributed by atoms with E-state index in [0.29, 0.717) is 28.5 Å². The van der Waals surface area contributed by atoms with Crippen LogP contribution in [0.3, 0.4) is 0 Å². The number of nitrogens with zero attached hydrogens (tertiary/aromatic N) is 3. The lowest BCUT2D eigenvalue weighted by molar-refractivity contribution is -0.120. The first-order chi connectivity index (χ1) is 18.2. The predicted molar refractivity (Wildman–Crippen MR) is 145 cm³/mol. The number of nitrogens with one attached hydrogen (secondary N) is 1. The zero-order valence-corrected chi connectivity index (χ0v) is 21.1. The number of carbonyl (C=O) groups is 1. The molecule has 0 saturated carbocycles. The van der Waals surface area contributed by atoms with Crippen LogP contribution in [-0.4, -0.2) is 22.3 Å². The summed E-state index contributed by atoms with van der Waals surface area (Å²) in [6, 6.07) is 22.2. The van der Waals surface area contributed by atoms with Crippen LogP contribution < -0.4 is 5.43 Å². The summed E-state index contributed by atoms with van der Waals surface area (Å²) in [5, 5.41) is 4.37. The number of amides is 1. The molecule has 5 nitrogen and oxygen atoms in total. The number of aliphatic imine (C=N–C) groups is 1. The first-order valence-electron chi connectivity index (χ1n) is 12.3. The SMILES string of the molecule is CC(C)(C)C1=Nc2nc(-c3ccccc3-c3ccc(F)cc3)c(-c3ccc(F)cc3)cc2C2=NNC(=O)C21. The van der Waals surface area contributed by atoms with Gasteiger partial charge in [-0.3, -0.25) is 4.79 Å².